The van der Waals surface area contributed by atoms with Gasteiger partial charge in [0.05, 0.1) is 30.3 Å². The van der Waals surface area contributed by atoms with Gasteiger partial charge < -0.3 is 29.4 Å². The van der Waals surface area contributed by atoms with Crippen LogP contribution in [-0.2, 0) is 4.74 Å². The van der Waals surface area contributed by atoms with Crippen molar-refractivity contribution in [2.24, 2.45) is 0 Å². The van der Waals surface area contributed by atoms with Crippen molar-refractivity contribution in [3.63, 3.8) is 0 Å². The van der Waals surface area contributed by atoms with Crippen LogP contribution in [0.3, 0.4) is 0 Å². The smallest absolute Gasteiger partial charge is 0.341 e. The number of nitrogens with one attached hydrogen (secondary N) is 2. The first-order valence-electron chi connectivity index (χ1n) is 10.3. The summed E-state index contributed by atoms with van der Waals surface area (Å²) in [6, 6.07) is 11.4. The molecule has 0 saturated carbocycles. The quantitative estimate of drug-likeness (QED) is 0.285. The van der Waals surface area contributed by atoms with Gasteiger partial charge in [0.15, 0.2) is 5.11 Å². The predicted octanol–water partition coefficient (Wildman–Crippen LogP) is 5.26. The Labute approximate surface area is 205 Å². The zero-order valence-electron chi connectivity index (χ0n) is 19.3. The number of carbonyl (C=O) groups is 2. The van der Waals surface area contributed by atoms with E-state index in [2.05, 4.69) is 10.6 Å². The highest BCUT2D eigenvalue weighted by atomic mass is 32.1. The number of furan rings is 1. The Hall–Kier alpha value is -3.63. The third-order valence-electron chi connectivity index (χ3n) is 5.31. The molecule has 0 fully saturated rings. The summed E-state index contributed by atoms with van der Waals surface area (Å²) in [4.78, 5) is 26.9. The van der Waals surface area contributed by atoms with Gasteiger partial charge in [0, 0.05) is 30.9 Å². The summed E-state index contributed by atoms with van der Waals surface area (Å²) in [5, 5.41) is 8.67. The van der Waals surface area contributed by atoms with Crippen molar-refractivity contribution in [1.82, 2.24) is 4.90 Å². The number of esters is 1. The Kier molecular flexibility index (Phi) is 6.45. The summed E-state index contributed by atoms with van der Waals surface area (Å²) in [6.07, 6.45) is 0. The maximum Gasteiger partial charge on any atom is 0.341 e. The van der Waals surface area contributed by atoms with Crippen LogP contribution in [0.4, 0.5) is 10.7 Å². The van der Waals surface area contributed by atoms with E-state index >= 15 is 0 Å². The molecule has 2 aromatic carbocycles. The number of hydrogen-bond acceptors (Lipinski definition) is 7. The van der Waals surface area contributed by atoms with E-state index in [-0.39, 0.29) is 16.6 Å². The average Bonchev–Trinajstić information content (AvgIpc) is 3.33. The lowest BCUT2D eigenvalue weighted by Gasteiger charge is -2.13. The molecule has 1 amide bonds. The Morgan fingerprint density at radius 3 is 2.47 bits per heavy atom. The predicted molar refractivity (Wildman–Crippen MR) is 139 cm³/mol. The second-order valence-electron chi connectivity index (χ2n) is 7.68. The van der Waals surface area contributed by atoms with Gasteiger partial charge in [-0.05, 0) is 36.8 Å². The summed E-state index contributed by atoms with van der Waals surface area (Å²) in [7, 11) is 6.17. The van der Waals surface area contributed by atoms with Gasteiger partial charge in [0.25, 0.3) is 5.91 Å². The number of fused-ring (bicyclic) bond motifs is 3. The number of para-hydroxylation sites is 1. The van der Waals surface area contributed by atoms with Crippen molar-refractivity contribution in [2.75, 3.05) is 38.9 Å². The number of thiophene rings is 1. The third kappa shape index (κ3) is 4.17. The lowest BCUT2D eigenvalue weighted by atomic mass is 10.1. The van der Waals surface area contributed by atoms with Crippen LogP contribution in [0.2, 0.25) is 0 Å². The minimum atomic E-state index is -0.557. The van der Waals surface area contributed by atoms with Crippen LogP contribution in [0.1, 0.15) is 25.6 Å². The molecule has 0 aliphatic heterocycles. The number of methoxy groups -OCH3 is 2. The molecule has 0 atom stereocenters. The van der Waals surface area contributed by atoms with Crippen LogP contribution in [0.5, 0.6) is 5.75 Å². The van der Waals surface area contributed by atoms with E-state index in [4.69, 9.17) is 26.1 Å². The van der Waals surface area contributed by atoms with Crippen LogP contribution < -0.4 is 15.4 Å². The minimum absolute atomic E-state index is 0.211. The summed E-state index contributed by atoms with van der Waals surface area (Å²) in [6.45, 7) is 1.71. The van der Waals surface area contributed by atoms with Crippen LogP contribution >= 0.6 is 23.6 Å². The fourth-order valence-electron chi connectivity index (χ4n) is 3.63. The molecule has 8 nitrogen and oxygen atoms in total. The van der Waals surface area contributed by atoms with Gasteiger partial charge in [0.2, 0.25) is 0 Å². The molecule has 34 heavy (non-hydrogen) atoms. The third-order valence-corrected chi connectivity index (χ3v) is 6.71. The van der Waals surface area contributed by atoms with Crippen molar-refractivity contribution in [1.29, 1.82) is 0 Å². The minimum Gasteiger partial charge on any atom is -0.495 e. The molecular weight excluding hydrogens is 474 g/mol. The van der Waals surface area contributed by atoms with E-state index in [0.29, 0.717) is 32.5 Å². The topological polar surface area (TPSA) is 93.0 Å². The molecule has 0 unspecified atom stereocenters. The molecule has 0 aliphatic rings. The largest absolute Gasteiger partial charge is 0.495 e. The van der Waals surface area contributed by atoms with Crippen LogP contribution in [-0.4, -0.2) is 50.2 Å². The van der Waals surface area contributed by atoms with Gasteiger partial charge in [-0.2, -0.15) is 0 Å². The van der Waals surface area contributed by atoms with E-state index < -0.39 is 5.97 Å². The second kappa shape index (κ2) is 9.32. The Balaban J connectivity index is 1.67. The van der Waals surface area contributed by atoms with Crippen LogP contribution in [0.15, 0.2) is 40.8 Å². The van der Waals surface area contributed by atoms with E-state index in [9.17, 15) is 9.59 Å². The molecule has 2 N–H and O–H groups in total. The average molecular weight is 498 g/mol. The van der Waals surface area contributed by atoms with E-state index in [1.165, 1.54) is 12.0 Å². The molecule has 2 heterocycles. The maximum atomic E-state index is 12.6. The van der Waals surface area contributed by atoms with Gasteiger partial charge in [-0.15, -0.1) is 11.3 Å². The molecule has 0 spiro atoms. The SMILES string of the molecule is COC(=O)c1c(NC(=S)Nc2cc3oc4ccccc4c3cc2OC)sc(C(=O)N(C)C)c1C. The van der Waals surface area contributed by atoms with Crippen molar-refractivity contribution in [3.8, 4) is 5.75 Å². The molecule has 176 valence electrons. The molecular formula is C24H23N3O5S2. The molecule has 0 bridgehead atoms. The molecule has 0 radical (unpaired) electrons. The van der Waals surface area contributed by atoms with Crippen molar-refractivity contribution < 1.29 is 23.5 Å². The Morgan fingerprint density at radius 1 is 1.06 bits per heavy atom. The van der Waals surface area contributed by atoms with E-state index in [1.54, 1.807) is 28.1 Å². The number of thiocarbonyl (C=S) groups is 1. The molecule has 0 aliphatic carbocycles. The summed E-state index contributed by atoms with van der Waals surface area (Å²) < 4.78 is 16.5. The van der Waals surface area contributed by atoms with Crippen LogP contribution in [0, 0.1) is 6.92 Å². The maximum absolute atomic E-state index is 12.6. The normalized spacial score (nSPS) is 10.9. The highest BCUT2D eigenvalue weighted by Gasteiger charge is 2.26. The fraction of sp³-hybridized carbons (Fsp3) is 0.208. The summed E-state index contributed by atoms with van der Waals surface area (Å²) in [5.74, 6) is -0.197. The summed E-state index contributed by atoms with van der Waals surface area (Å²) >= 11 is 6.66. The number of ether oxygens (including phenoxy) is 2. The molecule has 0 saturated heterocycles. The monoisotopic (exact) mass is 497 g/mol. The Morgan fingerprint density at radius 2 is 1.79 bits per heavy atom. The van der Waals surface area contributed by atoms with Gasteiger partial charge in [-0.3, -0.25) is 4.79 Å². The van der Waals surface area contributed by atoms with Gasteiger partial charge in [-0.1, -0.05) is 18.2 Å². The number of hydrogen-bond donors (Lipinski definition) is 2. The number of anilines is 2. The first kappa shape index (κ1) is 23.5. The molecule has 4 rings (SSSR count). The van der Waals surface area contributed by atoms with Crippen molar-refractivity contribution >= 4 is 73.2 Å². The zero-order chi connectivity index (χ0) is 24.6. The highest BCUT2D eigenvalue weighted by Crippen LogP contribution is 2.37. The number of nitrogens with zero attached hydrogens (tertiary/aromatic N) is 1. The number of amides is 1. The number of carbonyl (C=O) groups excluding carboxylic acids is 2. The van der Waals surface area contributed by atoms with Crippen molar-refractivity contribution in [2.45, 2.75) is 6.92 Å². The highest BCUT2D eigenvalue weighted by molar-refractivity contribution is 7.80. The van der Waals surface area contributed by atoms with E-state index in [0.717, 1.165) is 27.7 Å². The van der Waals surface area contributed by atoms with E-state index in [1.807, 2.05) is 36.4 Å². The number of benzene rings is 2. The first-order chi connectivity index (χ1) is 16.2. The zero-order valence-corrected chi connectivity index (χ0v) is 20.9. The van der Waals surface area contributed by atoms with Gasteiger partial charge in [-0.25, -0.2) is 4.79 Å². The van der Waals surface area contributed by atoms with Gasteiger partial charge in [0.1, 0.15) is 21.9 Å². The fourth-order valence-corrected chi connectivity index (χ4v) is 5.13. The van der Waals surface area contributed by atoms with Crippen LogP contribution in [0.25, 0.3) is 21.9 Å². The van der Waals surface area contributed by atoms with Crippen molar-refractivity contribution in [3.05, 3.63) is 52.4 Å². The lowest BCUT2D eigenvalue weighted by Crippen LogP contribution is -2.21. The lowest BCUT2D eigenvalue weighted by molar-refractivity contribution is 0.0601. The first-order valence-corrected chi connectivity index (χ1v) is 11.5. The number of rotatable bonds is 5. The summed E-state index contributed by atoms with van der Waals surface area (Å²) in [5.41, 5.74) is 2.83. The standard InChI is InChI=1S/C24H23N3O5S2/c1-12-19(23(29)31-5)21(34-20(12)22(28)27(2)3)26-24(33)25-15-11-17-14(10-18(15)30-4)13-8-6-7-9-16(13)32-17/h6-11H,1-5H3,(H2,25,26,33). The molecule has 10 heteroatoms. The molecule has 2 aromatic heterocycles. The second-order valence-corrected chi connectivity index (χ2v) is 9.11. The molecule has 4 aromatic rings. The van der Waals surface area contributed by atoms with Gasteiger partial charge >= 0.3 is 5.97 Å². The Bertz CT molecular complexity index is 1440.